The van der Waals surface area contributed by atoms with Crippen LogP contribution in [-0.2, 0) is 0 Å². The quantitative estimate of drug-likeness (QED) is 0.882. The number of aromatic nitrogens is 2. The molecule has 2 unspecified atom stereocenters. The largest absolute Gasteiger partial charge is 0.393 e. The first-order valence-electron chi connectivity index (χ1n) is 7.73. The van der Waals surface area contributed by atoms with Gasteiger partial charge in [0.2, 0.25) is 5.95 Å². The summed E-state index contributed by atoms with van der Waals surface area (Å²) < 4.78 is 0. The van der Waals surface area contributed by atoms with E-state index in [0.29, 0.717) is 12.1 Å². The Bertz CT molecular complexity index is 465. The number of anilines is 2. The average Bonchev–Trinajstić information content (AvgIpc) is 2.68. The molecule has 2 atom stereocenters. The van der Waals surface area contributed by atoms with Crippen molar-refractivity contribution in [2.45, 2.75) is 64.1 Å². The van der Waals surface area contributed by atoms with E-state index in [4.69, 9.17) is 0 Å². The van der Waals surface area contributed by atoms with Crippen LogP contribution in [0.5, 0.6) is 0 Å². The zero-order chi connectivity index (χ0) is 14.1. The van der Waals surface area contributed by atoms with Crippen molar-refractivity contribution >= 4 is 11.8 Å². The number of aliphatic hydroxyl groups is 1. The van der Waals surface area contributed by atoms with Crippen molar-refractivity contribution in [3.8, 4) is 0 Å². The number of hydrogen-bond donors (Lipinski definition) is 2. The van der Waals surface area contributed by atoms with Gasteiger partial charge in [-0.15, -0.1) is 0 Å². The van der Waals surface area contributed by atoms with Gasteiger partial charge in [0.1, 0.15) is 5.82 Å². The van der Waals surface area contributed by atoms with Gasteiger partial charge in [0.25, 0.3) is 0 Å². The Morgan fingerprint density at radius 2 is 2.00 bits per heavy atom. The van der Waals surface area contributed by atoms with Gasteiger partial charge in [0.15, 0.2) is 0 Å². The van der Waals surface area contributed by atoms with Gasteiger partial charge in [-0.1, -0.05) is 6.92 Å². The molecular formula is C15H24N4O. The average molecular weight is 276 g/mol. The molecule has 0 aliphatic carbocycles. The molecule has 2 saturated heterocycles. The molecule has 20 heavy (non-hydrogen) atoms. The van der Waals surface area contributed by atoms with Crippen molar-refractivity contribution < 1.29 is 5.11 Å². The number of hydrogen-bond acceptors (Lipinski definition) is 5. The van der Waals surface area contributed by atoms with Crippen molar-refractivity contribution in [3.05, 3.63) is 11.8 Å². The van der Waals surface area contributed by atoms with Crippen LogP contribution >= 0.6 is 0 Å². The Morgan fingerprint density at radius 3 is 2.65 bits per heavy atom. The molecule has 0 amide bonds. The molecule has 1 aromatic heterocycles. The lowest BCUT2D eigenvalue weighted by Gasteiger charge is -2.38. The molecule has 5 nitrogen and oxygen atoms in total. The maximum Gasteiger partial charge on any atom is 0.224 e. The number of rotatable bonds is 4. The van der Waals surface area contributed by atoms with Crippen molar-refractivity contribution in [3.63, 3.8) is 0 Å². The SMILES string of the molecule is CCCNc1nc(C)cc(N2C3CCC2CC(O)C3)n1. The summed E-state index contributed by atoms with van der Waals surface area (Å²) in [6.45, 7) is 5.05. The summed E-state index contributed by atoms with van der Waals surface area (Å²) in [5.74, 6) is 1.75. The van der Waals surface area contributed by atoms with E-state index in [1.54, 1.807) is 0 Å². The van der Waals surface area contributed by atoms with Crippen LogP contribution in [0.3, 0.4) is 0 Å². The predicted octanol–water partition coefficient (Wildman–Crippen LogP) is 2.10. The summed E-state index contributed by atoms with van der Waals surface area (Å²) in [6.07, 6.45) is 5.01. The number of nitrogens with zero attached hydrogens (tertiary/aromatic N) is 3. The number of aryl methyl sites for hydroxylation is 1. The minimum atomic E-state index is -0.135. The Kier molecular flexibility index (Phi) is 3.78. The van der Waals surface area contributed by atoms with E-state index in [1.165, 1.54) is 12.8 Å². The number of aliphatic hydroxyl groups excluding tert-OH is 1. The van der Waals surface area contributed by atoms with Crippen LogP contribution in [0, 0.1) is 6.92 Å². The van der Waals surface area contributed by atoms with E-state index in [0.717, 1.165) is 43.3 Å². The topological polar surface area (TPSA) is 61.3 Å². The highest BCUT2D eigenvalue weighted by Gasteiger charge is 2.40. The lowest BCUT2D eigenvalue weighted by atomic mass is 10.00. The van der Waals surface area contributed by atoms with E-state index < -0.39 is 0 Å². The Labute approximate surface area is 120 Å². The van der Waals surface area contributed by atoms with Gasteiger partial charge in [0.05, 0.1) is 6.10 Å². The second-order valence-electron chi connectivity index (χ2n) is 6.04. The highest BCUT2D eigenvalue weighted by Crippen LogP contribution is 2.38. The second kappa shape index (κ2) is 5.56. The fraction of sp³-hybridized carbons (Fsp3) is 0.733. The van der Waals surface area contributed by atoms with Crippen LogP contribution in [0.25, 0.3) is 0 Å². The van der Waals surface area contributed by atoms with E-state index in [-0.39, 0.29) is 6.10 Å². The third-order valence-corrected chi connectivity index (χ3v) is 4.35. The van der Waals surface area contributed by atoms with Gasteiger partial charge in [-0.25, -0.2) is 4.98 Å². The smallest absolute Gasteiger partial charge is 0.224 e. The van der Waals surface area contributed by atoms with E-state index in [2.05, 4.69) is 33.2 Å². The summed E-state index contributed by atoms with van der Waals surface area (Å²) >= 11 is 0. The van der Waals surface area contributed by atoms with Gasteiger partial charge in [-0.2, -0.15) is 4.98 Å². The predicted molar refractivity (Wildman–Crippen MR) is 80.1 cm³/mol. The highest BCUT2D eigenvalue weighted by molar-refractivity contribution is 5.48. The summed E-state index contributed by atoms with van der Waals surface area (Å²) in [5.41, 5.74) is 0.999. The number of piperidine rings is 1. The first-order chi connectivity index (χ1) is 9.67. The molecule has 0 spiro atoms. The molecule has 1 aromatic rings. The number of nitrogens with one attached hydrogen (secondary N) is 1. The molecule has 5 heteroatoms. The Hall–Kier alpha value is -1.36. The minimum Gasteiger partial charge on any atom is -0.393 e. The van der Waals surface area contributed by atoms with Crippen LogP contribution < -0.4 is 10.2 Å². The molecule has 0 aromatic carbocycles. The minimum absolute atomic E-state index is 0.135. The van der Waals surface area contributed by atoms with Crippen LogP contribution in [0.2, 0.25) is 0 Å². The van der Waals surface area contributed by atoms with Gasteiger partial charge in [-0.05, 0) is 39.0 Å². The standard InChI is InChI=1S/C15H24N4O/c1-3-6-16-15-17-10(2)7-14(18-15)19-11-4-5-12(19)9-13(20)8-11/h7,11-13,20H,3-6,8-9H2,1-2H3,(H,16,17,18). The maximum atomic E-state index is 9.91. The molecule has 2 aliphatic heterocycles. The van der Waals surface area contributed by atoms with Gasteiger partial charge in [0, 0.05) is 30.4 Å². The van der Waals surface area contributed by atoms with Crippen molar-refractivity contribution in [1.29, 1.82) is 0 Å². The normalized spacial score (nSPS) is 28.8. The highest BCUT2D eigenvalue weighted by atomic mass is 16.3. The summed E-state index contributed by atoms with van der Waals surface area (Å²) in [7, 11) is 0. The molecular weight excluding hydrogens is 252 g/mol. The Balaban J connectivity index is 1.85. The van der Waals surface area contributed by atoms with Crippen molar-refractivity contribution in [1.82, 2.24) is 9.97 Å². The lowest BCUT2D eigenvalue weighted by molar-refractivity contribution is 0.126. The van der Waals surface area contributed by atoms with E-state index in [1.807, 2.05) is 6.92 Å². The van der Waals surface area contributed by atoms with Gasteiger partial charge >= 0.3 is 0 Å². The Morgan fingerprint density at radius 1 is 1.30 bits per heavy atom. The molecule has 2 fully saturated rings. The zero-order valence-corrected chi connectivity index (χ0v) is 12.3. The molecule has 3 heterocycles. The summed E-state index contributed by atoms with van der Waals surface area (Å²) in [6, 6.07) is 2.95. The zero-order valence-electron chi connectivity index (χ0n) is 12.3. The third-order valence-electron chi connectivity index (χ3n) is 4.35. The van der Waals surface area contributed by atoms with E-state index in [9.17, 15) is 5.11 Å². The number of fused-ring (bicyclic) bond motifs is 2. The first kappa shape index (κ1) is 13.6. The molecule has 110 valence electrons. The van der Waals surface area contributed by atoms with E-state index >= 15 is 0 Å². The molecule has 0 saturated carbocycles. The molecule has 0 radical (unpaired) electrons. The van der Waals surface area contributed by atoms with Crippen LogP contribution in [0.4, 0.5) is 11.8 Å². The third kappa shape index (κ3) is 2.59. The molecule has 2 aliphatic rings. The maximum absolute atomic E-state index is 9.91. The van der Waals surface area contributed by atoms with Crippen LogP contribution in [-0.4, -0.2) is 39.8 Å². The van der Waals surface area contributed by atoms with Gasteiger partial charge < -0.3 is 15.3 Å². The summed E-state index contributed by atoms with van der Waals surface area (Å²) in [5, 5.41) is 13.2. The van der Waals surface area contributed by atoms with Crippen LogP contribution in [0.15, 0.2) is 6.07 Å². The molecule has 2 bridgehead atoms. The first-order valence-corrected chi connectivity index (χ1v) is 7.73. The summed E-state index contributed by atoms with van der Waals surface area (Å²) in [4.78, 5) is 11.6. The second-order valence-corrected chi connectivity index (χ2v) is 6.04. The fourth-order valence-corrected chi connectivity index (χ4v) is 3.52. The van der Waals surface area contributed by atoms with Crippen LogP contribution in [0.1, 0.15) is 44.7 Å². The lowest BCUT2D eigenvalue weighted by Crippen LogP contribution is -2.45. The monoisotopic (exact) mass is 276 g/mol. The molecule has 2 N–H and O–H groups in total. The van der Waals surface area contributed by atoms with Crippen molar-refractivity contribution in [2.24, 2.45) is 0 Å². The fourth-order valence-electron chi connectivity index (χ4n) is 3.52. The molecule has 3 rings (SSSR count). The van der Waals surface area contributed by atoms with Crippen molar-refractivity contribution in [2.75, 3.05) is 16.8 Å². The van der Waals surface area contributed by atoms with Gasteiger partial charge in [-0.3, -0.25) is 0 Å².